The van der Waals surface area contributed by atoms with Crippen LogP contribution in [-0.4, -0.2) is 54.6 Å². The van der Waals surface area contributed by atoms with E-state index in [1.807, 2.05) is 97.1 Å². The van der Waals surface area contributed by atoms with Crippen LogP contribution in [0, 0.1) is 0 Å². The molecule has 0 aliphatic carbocycles. The summed E-state index contributed by atoms with van der Waals surface area (Å²) in [7, 11) is -9.22. The van der Waals surface area contributed by atoms with E-state index in [9.17, 15) is 25.9 Å². The highest BCUT2D eigenvalue weighted by Crippen LogP contribution is 2.33. The van der Waals surface area contributed by atoms with E-state index in [0.717, 1.165) is 11.1 Å². The summed E-state index contributed by atoms with van der Waals surface area (Å²) >= 11 is 0. The molecule has 0 bridgehead atoms. The van der Waals surface area contributed by atoms with Crippen LogP contribution in [0.3, 0.4) is 0 Å². The maximum atomic E-state index is 12.4. The third kappa shape index (κ3) is 8.80. The topological polar surface area (TPSA) is 124 Å². The Labute approximate surface area is 242 Å². The lowest BCUT2D eigenvalue weighted by molar-refractivity contribution is 0.157. The summed E-state index contributed by atoms with van der Waals surface area (Å²) < 4.78 is 69.9. The molecule has 0 radical (unpaired) electrons. The van der Waals surface area contributed by atoms with Gasteiger partial charge in [0.2, 0.25) is 0 Å². The van der Waals surface area contributed by atoms with Gasteiger partial charge < -0.3 is 5.32 Å². The van der Waals surface area contributed by atoms with Crippen LogP contribution in [0.4, 0.5) is 0 Å². The summed E-state index contributed by atoms with van der Waals surface area (Å²) in [5.41, 5.74) is 3.22. The van der Waals surface area contributed by atoms with E-state index in [2.05, 4.69) is 5.32 Å². The van der Waals surface area contributed by atoms with Gasteiger partial charge >= 0.3 is 0 Å². The first-order valence-corrected chi connectivity index (χ1v) is 16.4. The summed E-state index contributed by atoms with van der Waals surface area (Å²) in [4.78, 5) is 1.43. The Bertz CT molecular complexity index is 1510. The Hall–Kier alpha value is -3.38. The van der Waals surface area contributed by atoms with Crippen LogP contribution >= 0.6 is 0 Å². The predicted octanol–water partition coefficient (Wildman–Crippen LogP) is 4.95. The molecule has 0 fully saturated rings. The Morgan fingerprint density at radius 3 is 1.32 bits per heavy atom. The summed E-state index contributed by atoms with van der Waals surface area (Å²) in [5.74, 6) is -1.64. The number of benzene rings is 4. The number of hydrogen-bond acceptors (Lipinski definition) is 6. The molecule has 0 aromatic heterocycles. The van der Waals surface area contributed by atoms with E-state index in [-0.39, 0.29) is 6.04 Å². The SMILES string of the molecule is CC(NC(c1ccccc1)c1ccccc1)C(CS(=O)(=O)O)N(CS(=O)(=O)O)C(c1ccccc1)c1ccccc1. The first-order chi connectivity index (χ1) is 19.5. The van der Waals surface area contributed by atoms with Gasteiger partial charge in [0.15, 0.2) is 0 Å². The first-order valence-electron chi connectivity index (χ1n) is 13.1. The van der Waals surface area contributed by atoms with Crippen LogP contribution in [0.5, 0.6) is 0 Å². The molecule has 0 amide bonds. The van der Waals surface area contributed by atoms with Crippen molar-refractivity contribution in [2.24, 2.45) is 0 Å². The van der Waals surface area contributed by atoms with Crippen molar-refractivity contribution in [1.82, 2.24) is 10.2 Å². The van der Waals surface area contributed by atoms with Crippen LogP contribution in [-0.2, 0) is 20.2 Å². The number of nitrogens with zero attached hydrogens (tertiary/aromatic N) is 1. The van der Waals surface area contributed by atoms with E-state index in [4.69, 9.17) is 0 Å². The average molecular weight is 595 g/mol. The Balaban J connectivity index is 1.85. The molecule has 0 aliphatic rings. The van der Waals surface area contributed by atoms with Gasteiger partial charge in [-0.3, -0.25) is 14.0 Å². The van der Waals surface area contributed by atoms with Crippen LogP contribution < -0.4 is 5.32 Å². The van der Waals surface area contributed by atoms with E-state index < -0.39 is 50.0 Å². The fourth-order valence-corrected chi connectivity index (χ4v) is 6.82. The van der Waals surface area contributed by atoms with Gasteiger partial charge in [-0.1, -0.05) is 121 Å². The highest BCUT2D eigenvalue weighted by Gasteiger charge is 2.38. The van der Waals surface area contributed by atoms with E-state index in [1.54, 1.807) is 31.2 Å². The first kappa shape index (κ1) is 30.6. The normalized spacial score (nSPS) is 13.9. The van der Waals surface area contributed by atoms with Gasteiger partial charge in [0.05, 0.1) is 17.8 Å². The van der Waals surface area contributed by atoms with Gasteiger partial charge in [0, 0.05) is 12.1 Å². The second kappa shape index (κ2) is 13.5. The fraction of sp³-hybridized carbons (Fsp3) is 0.226. The minimum absolute atomic E-state index is 0.379. The zero-order valence-corrected chi connectivity index (χ0v) is 24.2. The number of rotatable bonds is 13. The molecule has 4 rings (SSSR count). The van der Waals surface area contributed by atoms with Gasteiger partial charge in [-0.15, -0.1) is 0 Å². The van der Waals surface area contributed by atoms with Crippen molar-refractivity contribution in [3.05, 3.63) is 144 Å². The van der Waals surface area contributed by atoms with Gasteiger partial charge in [-0.05, 0) is 29.2 Å². The smallest absolute Gasteiger partial charge is 0.278 e. The molecular formula is C31H34N2O6S2. The summed E-state index contributed by atoms with van der Waals surface area (Å²) in [6, 6.07) is 34.4. The average Bonchev–Trinajstić information content (AvgIpc) is 2.95. The van der Waals surface area contributed by atoms with Crippen molar-refractivity contribution in [2.45, 2.75) is 31.1 Å². The lowest BCUT2D eigenvalue weighted by atomic mass is 9.93. The van der Waals surface area contributed by atoms with Crippen molar-refractivity contribution in [2.75, 3.05) is 11.6 Å². The second-order valence-corrected chi connectivity index (χ2v) is 12.9. The minimum Gasteiger partial charge on any atom is -0.302 e. The Morgan fingerprint density at radius 2 is 0.976 bits per heavy atom. The van der Waals surface area contributed by atoms with Crippen LogP contribution in [0.1, 0.15) is 41.3 Å². The Kier molecular flexibility index (Phi) is 10.1. The second-order valence-electron chi connectivity index (χ2n) is 9.97. The monoisotopic (exact) mass is 594 g/mol. The molecule has 216 valence electrons. The van der Waals surface area contributed by atoms with Crippen molar-refractivity contribution < 1.29 is 25.9 Å². The van der Waals surface area contributed by atoms with Gasteiger partial charge in [0.25, 0.3) is 20.2 Å². The maximum absolute atomic E-state index is 12.4. The molecule has 0 saturated heterocycles. The van der Waals surface area contributed by atoms with Crippen LogP contribution in [0.2, 0.25) is 0 Å². The van der Waals surface area contributed by atoms with Crippen LogP contribution in [0.25, 0.3) is 0 Å². The standard InChI is InChI=1S/C31H34N2O6S2/c1-24(32-30(25-14-6-2-7-15-25)26-16-8-3-9-17-26)29(22-40(34,35)36)33(23-41(37,38)39)31(27-18-10-4-11-19-27)28-20-12-5-13-21-28/h2-21,24,29-32H,22-23H2,1H3,(H,34,35,36)(H,37,38,39). The zero-order chi connectivity index (χ0) is 29.5. The molecule has 4 aromatic rings. The summed E-state index contributed by atoms with van der Waals surface area (Å²) in [6.07, 6.45) is 0. The highest BCUT2D eigenvalue weighted by atomic mass is 32.2. The van der Waals surface area contributed by atoms with Gasteiger partial charge in [0.1, 0.15) is 5.88 Å². The van der Waals surface area contributed by atoms with Crippen molar-refractivity contribution >= 4 is 20.2 Å². The van der Waals surface area contributed by atoms with Gasteiger partial charge in [-0.2, -0.15) is 16.8 Å². The predicted molar refractivity (Wildman–Crippen MR) is 161 cm³/mol. The lowest BCUT2D eigenvalue weighted by Crippen LogP contribution is -2.55. The van der Waals surface area contributed by atoms with Crippen molar-refractivity contribution in [3.8, 4) is 0 Å². The number of hydrogen-bond donors (Lipinski definition) is 3. The lowest BCUT2D eigenvalue weighted by Gasteiger charge is -2.41. The Morgan fingerprint density at radius 1 is 0.610 bits per heavy atom. The maximum Gasteiger partial charge on any atom is 0.278 e. The molecule has 2 unspecified atom stereocenters. The summed E-state index contributed by atoms with van der Waals surface area (Å²) in [6.45, 7) is 1.75. The third-order valence-corrected chi connectivity index (χ3v) is 8.34. The molecule has 8 nitrogen and oxygen atoms in total. The van der Waals surface area contributed by atoms with E-state index >= 15 is 0 Å². The molecule has 2 atom stereocenters. The largest absolute Gasteiger partial charge is 0.302 e. The van der Waals surface area contributed by atoms with Gasteiger partial charge in [-0.25, -0.2) is 0 Å². The van der Waals surface area contributed by atoms with E-state index in [1.165, 1.54) is 4.90 Å². The minimum atomic E-state index is -4.63. The molecule has 0 heterocycles. The zero-order valence-electron chi connectivity index (χ0n) is 22.6. The molecule has 4 aromatic carbocycles. The molecule has 0 spiro atoms. The van der Waals surface area contributed by atoms with Crippen molar-refractivity contribution in [1.29, 1.82) is 0 Å². The molecular weight excluding hydrogens is 560 g/mol. The molecule has 0 saturated carbocycles. The third-order valence-electron chi connectivity index (χ3n) is 6.95. The number of nitrogens with one attached hydrogen (secondary N) is 1. The molecule has 41 heavy (non-hydrogen) atoms. The molecule has 3 N–H and O–H groups in total. The quantitative estimate of drug-likeness (QED) is 0.186. The molecule has 0 aliphatic heterocycles. The molecule has 10 heteroatoms. The highest BCUT2D eigenvalue weighted by molar-refractivity contribution is 7.86. The van der Waals surface area contributed by atoms with Crippen LogP contribution in [0.15, 0.2) is 121 Å². The van der Waals surface area contributed by atoms with E-state index in [0.29, 0.717) is 11.1 Å². The summed E-state index contributed by atoms with van der Waals surface area (Å²) in [5, 5.41) is 3.50. The van der Waals surface area contributed by atoms with Crippen molar-refractivity contribution in [3.63, 3.8) is 0 Å². The fourth-order valence-electron chi connectivity index (χ4n) is 5.19.